The molecular weight excluding hydrogens is 262 g/mol. The van der Waals surface area contributed by atoms with E-state index in [1.807, 2.05) is 30.3 Å². The van der Waals surface area contributed by atoms with Crippen molar-refractivity contribution in [1.29, 1.82) is 0 Å². The number of benzene rings is 2. The molecule has 0 aliphatic carbocycles. The summed E-state index contributed by atoms with van der Waals surface area (Å²) in [6, 6.07) is 14.1. The van der Waals surface area contributed by atoms with Crippen LogP contribution in [0.3, 0.4) is 0 Å². The van der Waals surface area contributed by atoms with Gasteiger partial charge in [-0.15, -0.1) is 0 Å². The molecule has 3 heteroatoms. The first-order chi connectivity index (χ1) is 10.2. The summed E-state index contributed by atoms with van der Waals surface area (Å²) in [5.41, 5.74) is 10.2. The Kier molecular flexibility index (Phi) is 3.67. The van der Waals surface area contributed by atoms with E-state index in [0.717, 1.165) is 28.0 Å². The minimum Gasteiger partial charge on any atom is -0.489 e. The van der Waals surface area contributed by atoms with Crippen molar-refractivity contribution >= 4 is 11.0 Å². The maximum atomic E-state index is 5.92. The number of ether oxygens (including phenoxy) is 1. The third-order valence-electron chi connectivity index (χ3n) is 3.83. The van der Waals surface area contributed by atoms with Crippen LogP contribution in [-0.2, 0) is 13.2 Å². The smallest absolute Gasteiger partial charge is 0.134 e. The zero-order valence-electron chi connectivity index (χ0n) is 12.3. The molecule has 0 atom stereocenters. The summed E-state index contributed by atoms with van der Waals surface area (Å²) in [5.74, 6) is 1.66. The summed E-state index contributed by atoms with van der Waals surface area (Å²) in [7, 11) is 0. The number of nitrogens with two attached hydrogens (primary N) is 1. The Morgan fingerprint density at radius 2 is 1.86 bits per heavy atom. The molecule has 3 rings (SSSR count). The Balaban J connectivity index is 1.89. The van der Waals surface area contributed by atoms with E-state index in [9.17, 15) is 0 Å². The van der Waals surface area contributed by atoms with Gasteiger partial charge in [-0.2, -0.15) is 0 Å². The lowest BCUT2D eigenvalue weighted by Gasteiger charge is -2.08. The van der Waals surface area contributed by atoms with Crippen LogP contribution < -0.4 is 10.5 Å². The van der Waals surface area contributed by atoms with Gasteiger partial charge in [-0.3, -0.25) is 0 Å². The summed E-state index contributed by atoms with van der Waals surface area (Å²) >= 11 is 0. The van der Waals surface area contributed by atoms with Gasteiger partial charge in [0.25, 0.3) is 0 Å². The van der Waals surface area contributed by atoms with Gasteiger partial charge in [0.05, 0.1) is 6.54 Å². The molecule has 3 aromatic rings. The molecule has 0 aliphatic rings. The molecule has 0 bridgehead atoms. The summed E-state index contributed by atoms with van der Waals surface area (Å²) in [6.07, 6.45) is 0. The second-order valence-corrected chi connectivity index (χ2v) is 5.24. The van der Waals surface area contributed by atoms with E-state index in [1.165, 1.54) is 11.1 Å². The summed E-state index contributed by atoms with van der Waals surface area (Å²) in [5, 5.41) is 1.07. The van der Waals surface area contributed by atoms with Crippen molar-refractivity contribution in [2.45, 2.75) is 27.0 Å². The molecular formula is C18H19NO2. The first-order valence-electron chi connectivity index (χ1n) is 7.08. The molecule has 0 amide bonds. The highest BCUT2D eigenvalue weighted by Gasteiger charge is 2.13. The lowest BCUT2D eigenvalue weighted by molar-refractivity contribution is 0.303. The molecule has 2 aromatic carbocycles. The minimum absolute atomic E-state index is 0.375. The van der Waals surface area contributed by atoms with Crippen LogP contribution in [0.2, 0.25) is 0 Å². The van der Waals surface area contributed by atoms with E-state index in [0.29, 0.717) is 13.2 Å². The van der Waals surface area contributed by atoms with Crippen LogP contribution in [0.25, 0.3) is 11.0 Å². The van der Waals surface area contributed by atoms with Crippen molar-refractivity contribution < 1.29 is 9.15 Å². The molecule has 3 nitrogen and oxygen atoms in total. The van der Waals surface area contributed by atoms with E-state index in [-0.39, 0.29) is 0 Å². The number of furan rings is 1. The van der Waals surface area contributed by atoms with Crippen molar-refractivity contribution in [2.75, 3.05) is 0 Å². The van der Waals surface area contributed by atoms with Gasteiger partial charge in [0.2, 0.25) is 0 Å². The van der Waals surface area contributed by atoms with E-state index in [4.69, 9.17) is 14.9 Å². The molecule has 0 unspecified atom stereocenters. The van der Waals surface area contributed by atoms with Gasteiger partial charge in [-0.25, -0.2) is 0 Å². The maximum Gasteiger partial charge on any atom is 0.134 e. The first-order valence-corrected chi connectivity index (χ1v) is 7.08. The molecule has 0 spiro atoms. The first kappa shape index (κ1) is 13.7. The molecule has 0 radical (unpaired) electrons. The zero-order valence-corrected chi connectivity index (χ0v) is 12.3. The quantitative estimate of drug-likeness (QED) is 0.783. The average Bonchev–Trinajstić information content (AvgIpc) is 2.86. The van der Waals surface area contributed by atoms with Gasteiger partial charge < -0.3 is 14.9 Å². The largest absolute Gasteiger partial charge is 0.489 e. The van der Waals surface area contributed by atoms with Crippen LogP contribution in [0.15, 0.2) is 46.9 Å². The van der Waals surface area contributed by atoms with Crippen molar-refractivity contribution in [3.63, 3.8) is 0 Å². The Labute approximate surface area is 124 Å². The molecule has 1 heterocycles. The molecule has 108 valence electrons. The fourth-order valence-corrected chi connectivity index (χ4v) is 2.43. The minimum atomic E-state index is 0.375. The second-order valence-electron chi connectivity index (χ2n) is 5.24. The Morgan fingerprint density at radius 3 is 2.62 bits per heavy atom. The van der Waals surface area contributed by atoms with Crippen LogP contribution in [0, 0.1) is 13.8 Å². The van der Waals surface area contributed by atoms with Crippen molar-refractivity contribution in [2.24, 2.45) is 5.73 Å². The molecule has 0 saturated heterocycles. The molecule has 1 aromatic heterocycles. The Hall–Kier alpha value is -2.26. The van der Waals surface area contributed by atoms with Crippen molar-refractivity contribution in [1.82, 2.24) is 0 Å². The lowest BCUT2D eigenvalue weighted by Crippen LogP contribution is -2.02. The Bertz CT molecular complexity index is 774. The van der Waals surface area contributed by atoms with E-state index in [1.54, 1.807) is 0 Å². The van der Waals surface area contributed by atoms with Gasteiger partial charge in [-0.1, -0.05) is 24.3 Å². The highest BCUT2D eigenvalue weighted by Crippen LogP contribution is 2.27. The Morgan fingerprint density at radius 1 is 1.05 bits per heavy atom. The van der Waals surface area contributed by atoms with E-state index < -0.39 is 0 Å². The molecule has 0 aliphatic heterocycles. The zero-order chi connectivity index (χ0) is 14.8. The van der Waals surface area contributed by atoms with Gasteiger partial charge in [-0.05, 0) is 43.2 Å². The van der Waals surface area contributed by atoms with E-state index in [2.05, 4.69) is 26.0 Å². The number of aryl methyl sites for hydroxylation is 2. The summed E-state index contributed by atoms with van der Waals surface area (Å²) < 4.78 is 11.7. The molecule has 2 N–H and O–H groups in total. The lowest BCUT2D eigenvalue weighted by atomic mass is 10.1. The predicted molar refractivity (Wildman–Crippen MR) is 84.4 cm³/mol. The topological polar surface area (TPSA) is 48.4 Å². The molecule has 0 saturated carbocycles. The van der Waals surface area contributed by atoms with Gasteiger partial charge in [0.15, 0.2) is 0 Å². The summed E-state index contributed by atoms with van der Waals surface area (Å²) in [4.78, 5) is 0. The number of fused-ring (bicyclic) bond motifs is 1. The van der Waals surface area contributed by atoms with Crippen molar-refractivity contribution in [3.8, 4) is 5.75 Å². The highest BCUT2D eigenvalue weighted by molar-refractivity contribution is 5.82. The van der Waals surface area contributed by atoms with E-state index >= 15 is 0 Å². The third kappa shape index (κ3) is 2.65. The second kappa shape index (κ2) is 5.62. The fourth-order valence-electron chi connectivity index (χ4n) is 2.43. The molecule has 21 heavy (non-hydrogen) atoms. The monoisotopic (exact) mass is 281 g/mol. The van der Waals surface area contributed by atoms with Gasteiger partial charge in [0.1, 0.15) is 23.7 Å². The van der Waals surface area contributed by atoms with Gasteiger partial charge >= 0.3 is 0 Å². The SMILES string of the molecule is Cc1ccc(OCc2c(CN)oc3ccccc23)cc1C. The van der Waals surface area contributed by atoms with Crippen LogP contribution in [-0.4, -0.2) is 0 Å². The van der Waals surface area contributed by atoms with Crippen LogP contribution in [0.1, 0.15) is 22.5 Å². The van der Waals surface area contributed by atoms with Crippen LogP contribution in [0.4, 0.5) is 0 Å². The van der Waals surface area contributed by atoms with Crippen LogP contribution >= 0.6 is 0 Å². The highest BCUT2D eigenvalue weighted by atomic mass is 16.5. The maximum absolute atomic E-state index is 5.92. The van der Waals surface area contributed by atoms with Crippen LogP contribution in [0.5, 0.6) is 5.75 Å². The average molecular weight is 281 g/mol. The number of rotatable bonds is 4. The normalized spacial score (nSPS) is 11.0. The summed E-state index contributed by atoms with van der Waals surface area (Å²) in [6.45, 7) is 5.02. The standard InChI is InChI=1S/C18H19NO2/c1-12-7-8-14(9-13(12)2)20-11-16-15-5-3-4-6-17(15)21-18(16)10-19/h3-9H,10-11,19H2,1-2H3. The van der Waals surface area contributed by atoms with Gasteiger partial charge in [0, 0.05) is 10.9 Å². The molecule has 0 fully saturated rings. The fraction of sp³-hybridized carbons (Fsp3) is 0.222. The third-order valence-corrected chi connectivity index (χ3v) is 3.83. The number of hydrogen-bond acceptors (Lipinski definition) is 3. The van der Waals surface area contributed by atoms with Crippen molar-refractivity contribution in [3.05, 3.63) is 64.9 Å². The number of para-hydroxylation sites is 1. The number of hydrogen-bond donors (Lipinski definition) is 1. The predicted octanol–water partition coefficient (Wildman–Crippen LogP) is 4.09.